The summed E-state index contributed by atoms with van der Waals surface area (Å²) in [6.07, 6.45) is 0. The highest BCUT2D eigenvalue weighted by molar-refractivity contribution is 9.10. The molecule has 0 unspecified atom stereocenters. The molecule has 0 aliphatic carbocycles. The first-order valence-electron chi connectivity index (χ1n) is 5.93. The van der Waals surface area contributed by atoms with Crippen molar-refractivity contribution in [3.63, 3.8) is 0 Å². The zero-order chi connectivity index (χ0) is 14.7. The Balaban J connectivity index is 2.42. The second-order valence-corrected chi connectivity index (χ2v) is 5.08. The standard InChI is InChI=1S/C15H14BrNO3/c1-9-8-10(6-7-12(9)16)20-14-11(15(18)19-2)4-3-5-13(14)17/h3-8H,17H2,1-2H3. The monoisotopic (exact) mass is 335 g/mol. The largest absolute Gasteiger partial charge is 0.465 e. The van der Waals surface area contributed by atoms with Crippen LogP contribution in [-0.2, 0) is 4.74 Å². The number of aryl methyl sites for hydroxylation is 1. The van der Waals surface area contributed by atoms with Crippen LogP contribution in [0.1, 0.15) is 15.9 Å². The zero-order valence-electron chi connectivity index (χ0n) is 11.1. The van der Waals surface area contributed by atoms with Gasteiger partial charge in [0.1, 0.15) is 11.3 Å². The van der Waals surface area contributed by atoms with E-state index in [0.29, 0.717) is 22.7 Å². The van der Waals surface area contributed by atoms with Gasteiger partial charge in [-0.15, -0.1) is 0 Å². The van der Waals surface area contributed by atoms with Gasteiger partial charge in [0.2, 0.25) is 0 Å². The van der Waals surface area contributed by atoms with Gasteiger partial charge in [-0.2, -0.15) is 0 Å². The van der Waals surface area contributed by atoms with Crippen LogP contribution in [0, 0.1) is 6.92 Å². The third-order valence-corrected chi connectivity index (χ3v) is 3.69. The molecule has 0 aliphatic rings. The lowest BCUT2D eigenvalue weighted by Gasteiger charge is -2.13. The minimum Gasteiger partial charge on any atom is -0.465 e. The number of nitrogen functional groups attached to an aromatic ring is 1. The van der Waals surface area contributed by atoms with Crippen molar-refractivity contribution in [2.24, 2.45) is 0 Å². The van der Waals surface area contributed by atoms with Gasteiger partial charge in [-0.05, 0) is 42.8 Å². The van der Waals surface area contributed by atoms with E-state index in [1.54, 1.807) is 24.3 Å². The molecule has 2 N–H and O–H groups in total. The van der Waals surface area contributed by atoms with Gasteiger partial charge in [-0.25, -0.2) is 4.79 Å². The molecule has 0 fully saturated rings. The third-order valence-electron chi connectivity index (χ3n) is 2.80. The molecule has 0 aromatic heterocycles. The van der Waals surface area contributed by atoms with Gasteiger partial charge < -0.3 is 15.2 Å². The molecular weight excluding hydrogens is 322 g/mol. The topological polar surface area (TPSA) is 61.5 Å². The van der Waals surface area contributed by atoms with Crippen molar-refractivity contribution in [1.82, 2.24) is 0 Å². The fourth-order valence-electron chi connectivity index (χ4n) is 1.74. The molecule has 0 aliphatic heterocycles. The molecule has 0 bridgehead atoms. The van der Waals surface area contributed by atoms with Crippen molar-refractivity contribution < 1.29 is 14.3 Å². The highest BCUT2D eigenvalue weighted by Gasteiger charge is 2.16. The molecule has 0 saturated heterocycles. The first-order chi connectivity index (χ1) is 9.52. The van der Waals surface area contributed by atoms with Gasteiger partial charge in [-0.3, -0.25) is 0 Å². The van der Waals surface area contributed by atoms with Crippen molar-refractivity contribution in [1.29, 1.82) is 0 Å². The summed E-state index contributed by atoms with van der Waals surface area (Å²) >= 11 is 3.42. The molecule has 0 atom stereocenters. The van der Waals surface area contributed by atoms with Crippen molar-refractivity contribution >= 4 is 27.6 Å². The van der Waals surface area contributed by atoms with E-state index in [4.69, 9.17) is 15.2 Å². The summed E-state index contributed by atoms with van der Waals surface area (Å²) in [6, 6.07) is 10.5. The summed E-state index contributed by atoms with van der Waals surface area (Å²) in [7, 11) is 1.32. The number of nitrogens with two attached hydrogens (primary N) is 1. The number of rotatable bonds is 3. The Morgan fingerprint density at radius 3 is 2.65 bits per heavy atom. The van der Waals surface area contributed by atoms with Crippen LogP contribution in [0.3, 0.4) is 0 Å². The number of methoxy groups -OCH3 is 1. The predicted octanol–water partition coefficient (Wildman–Crippen LogP) is 3.92. The molecule has 2 rings (SSSR count). The Morgan fingerprint density at radius 1 is 1.25 bits per heavy atom. The third kappa shape index (κ3) is 2.93. The lowest BCUT2D eigenvalue weighted by molar-refractivity contribution is 0.0598. The molecule has 0 amide bonds. The van der Waals surface area contributed by atoms with Gasteiger partial charge >= 0.3 is 5.97 Å². The first-order valence-corrected chi connectivity index (χ1v) is 6.73. The molecule has 104 valence electrons. The Labute approximate surface area is 125 Å². The van der Waals surface area contributed by atoms with Crippen LogP contribution in [0.4, 0.5) is 5.69 Å². The Hall–Kier alpha value is -2.01. The number of carbonyl (C=O) groups is 1. The van der Waals surface area contributed by atoms with Gasteiger partial charge in [0.05, 0.1) is 12.8 Å². The van der Waals surface area contributed by atoms with E-state index in [2.05, 4.69) is 15.9 Å². The van der Waals surface area contributed by atoms with Crippen LogP contribution in [0.15, 0.2) is 40.9 Å². The van der Waals surface area contributed by atoms with Crippen LogP contribution in [0.5, 0.6) is 11.5 Å². The minimum absolute atomic E-state index is 0.299. The zero-order valence-corrected chi connectivity index (χ0v) is 12.7. The van der Waals surface area contributed by atoms with E-state index in [9.17, 15) is 4.79 Å². The summed E-state index contributed by atoms with van der Waals surface area (Å²) < 4.78 is 11.5. The van der Waals surface area contributed by atoms with Gasteiger partial charge in [0.25, 0.3) is 0 Å². The van der Waals surface area contributed by atoms with E-state index >= 15 is 0 Å². The molecule has 5 heteroatoms. The van der Waals surface area contributed by atoms with Gasteiger partial charge in [0.15, 0.2) is 5.75 Å². The molecule has 0 saturated carbocycles. The number of ether oxygens (including phenoxy) is 2. The Kier molecular flexibility index (Phi) is 4.29. The maximum atomic E-state index is 11.7. The van der Waals surface area contributed by atoms with E-state index in [1.807, 2.05) is 19.1 Å². The Morgan fingerprint density at radius 2 is 2.00 bits per heavy atom. The number of benzene rings is 2. The van der Waals surface area contributed by atoms with Gasteiger partial charge in [-0.1, -0.05) is 22.0 Å². The number of hydrogen-bond donors (Lipinski definition) is 1. The summed E-state index contributed by atoms with van der Waals surface area (Å²) in [5, 5.41) is 0. The lowest BCUT2D eigenvalue weighted by atomic mass is 10.1. The summed E-state index contributed by atoms with van der Waals surface area (Å²) in [5.41, 5.74) is 7.59. The van der Waals surface area contributed by atoms with E-state index in [0.717, 1.165) is 10.0 Å². The van der Waals surface area contributed by atoms with E-state index in [1.165, 1.54) is 7.11 Å². The van der Waals surface area contributed by atoms with E-state index < -0.39 is 5.97 Å². The van der Waals surface area contributed by atoms with Crippen LogP contribution in [0.2, 0.25) is 0 Å². The first kappa shape index (κ1) is 14.4. The highest BCUT2D eigenvalue weighted by Crippen LogP contribution is 2.33. The van der Waals surface area contributed by atoms with Crippen molar-refractivity contribution in [2.75, 3.05) is 12.8 Å². The number of carbonyl (C=O) groups excluding carboxylic acids is 1. The second-order valence-electron chi connectivity index (χ2n) is 4.23. The summed E-state index contributed by atoms with van der Waals surface area (Å²) in [4.78, 5) is 11.7. The number of hydrogen-bond acceptors (Lipinski definition) is 4. The van der Waals surface area contributed by atoms with Crippen molar-refractivity contribution in [3.8, 4) is 11.5 Å². The smallest absolute Gasteiger partial charge is 0.341 e. The number of esters is 1. The highest BCUT2D eigenvalue weighted by atomic mass is 79.9. The summed E-state index contributed by atoms with van der Waals surface area (Å²) in [5.74, 6) is 0.427. The molecule has 0 radical (unpaired) electrons. The van der Waals surface area contributed by atoms with Crippen LogP contribution >= 0.6 is 15.9 Å². The molecule has 2 aromatic rings. The molecule has 20 heavy (non-hydrogen) atoms. The fourth-order valence-corrected chi connectivity index (χ4v) is 1.98. The molecule has 0 spiro atoms. The van der Waals surface area contributed by atoms with Crippen LogP contribution in [-0.4, -0.2) is 13.1 Å². The SMILES string of the molecule is COC(=O)c1cccc(N)c1Oc1ccc(Br)c(C)c1. The molecule has 4 nitrogen and oxygen atoms in total. The molecular formula is C15H14BrNO3. The number of halogens is 1. The van der Waals surface area contributed by atoms with Crippen LogP contribution in [0.25, 0.3) is 0 Å². The quantitative estimate of drug-likeness (QED) is 0.682. The summed E-state index contributed by atoms with van der Waals surface area (Å²) in [6.45, 7) is 1.95. The maximum Gasteiger partial charge on any atom is 0.341 e. The second kappa shape index (κ2) is 5.96. The van der Waals surface area contributed by atoms with Crippen LogP contribution < -0.4 is 10.5 Å². The maximum absolute atomic E-state index is 11.7. The fraction of sp³-hybridized carbons (Fsp3) is 0.133. The minimum atomic E-state index is -0.485. The Bertz CT molecular complexity index is 656. The molecule has 0 heterocycles. The lowest BCUT2D eigenvalue weighted by Crippen LogP contribution is -2.05. The predicted molar refractivity (Wildman–Crippen MR) is 81.1 cm³/mol. The average molecular weight is 336 g/mol. The van der Waals surface area contributed by atoms with E-state index in [-0.39, 0.29) is 0 Å². The normalized spacial score (nSPS) is 10.2. The molecule has 2 aromatic carbocycles. The van der Waals surface area contributed by atoms with Crippen molar-refractivity contribution in [3.05, 3.63) is 52.0 Å². The number of anilines is 1. The van der Waals surface area contributed by atoms with Gasteiger partial charge in [0, 0.05) is 4.47 Å². The average Bonchev–Trinajstić information content (AvgIpc) is 2.44. The van der Waals surface area contributed by atoms with Crippen molar-refractivity contribution in [2.45, 2.75) is 6.92 Å². The number of para-hydroxylation sites is 1.